The van der Waals surface area contributed by atoms with Crippen LogP contribution in [0.1, 0.15) is 23.1 Å². The predicted molar refractivity (Wildman–Crippen MR) is 133 cm³/mol. The maximum Gasteiger partial charge on any atom is 0.328 e. The second-order valence-electron chi connectivity index (χ2n) is 8.65. The first-order chi connectivity index (χ1) is 17.4. The molecule has 1 fully saturated rings. The van der Waals surface area contributed by atoms with E-state index in [1.807, 2.05) is 48.5 Å². The van der Waals surface area contributed by atoms with Crippen LogP contribution >= 0.6 is 0 Å². The summed E-state index contributed by atoms with van der Waals surface area (Å²) >= 11 is 0. The average molecular weight is 490 g/mol. The van der Waals surface area contributed by atoms with E-state index in [2.05, 4.69) is 15.4 Å². The Morgan fingerprint density at radius 2 is 1.97 bits per heavy atom. The number of carbonyl (C=O) groups excluding carboxylic acids is 4. The molecule has 1 saturated heterocycles. The standard InChI is InChI=1S/C26H27N5O5/c1-36-26(35)22(11-19-14-28-21-5-3-2-4-20(19)21)30-23(32)15-31-24(33)12-18(25(31)34)10-16-6-8-17(9-7-16)13-29-27/h2-9,13-14,18,22,28H,10-12,15,27H2,1H3,(H,30,32)/t18?,22-/m0/s1. The minimum atomic E-state index is -0.971. The lowest BCUT2D eigenvalue weighted by molar-refractivity contribution is -0.146. The van der Waals surface area contributed by atoms with Crippen molar-refractivity contribution in [3.63, 3.8) is 0 Å². The van der Waals surface area contributed by atoms with E-state index in [0.29, 0.717) is 6.42 Å². The van der Waals surface area contributed by atoms with Gasteiger partial charge in [-0.25, -0.2) is 4.79 Å². The molecule has 3 aromatic rings. The summed E-state index contributed by atoms with van der Waals surface area (Å²) in [5.74, 6) is 2.54. The van der Waals surface area contributed by atoms with Crippen LogP contribution in [0.25, 0.3) is 10.9 Å². The Hall–Kier alpha value is -4.47. The minimum Gasteiger partial charge on any atom is -0.467 e. The number of carbonyl (C=O) groups is 4. The topological polar surface area (TPSA) is 147 Å². The number of methoxy groups -OCH3 is 1. The summed E-state index contributed by atoms with van der Waals surface area (Å²) < 4.78 is 4.87. The fraction of sp³-hybridized carbons (Fsp3) is 0.269. The number of hydrogen-bond acceptors (Lipinski definition) is 7. The van der Waals surface area contributed by atoms with E-state index < -0.39 is 42.2 Å². The lowest BCUT2D eigenvalue weighted by atomic mass is 9.97. The van der Waals surface area contributed by atoms with Crippen molar-refractivity contribution in [2.24, 2.45) is 16.9 Å². The number of nitrogens with two attached hydrogens (primary N) is 1. The van der Waals surface area contributed by atoms with Gasteiger partial charge in [-0.3, -0.25) is 19.3 Å². The molecule has 4 N–H and O–H groups in total. The molecule has 2 aromatic carbocycles. The van der Waals surface area contributed by atoms with Crippen molar-refractivity contribution in [2.75, 3.05) is 13.7 Å². The number of hydrogen-bond donors (Lipinski definition) is 3. The SMILES string of the molecule is COC(=O)[C@H](Cc1c[nH]c2ccccc12)NC(=O)CN1C(=O)CC(Cc2ccc(C=NN)cc2)C1=O. The number of para-hydroxylation sites is 1. The normalized spacial score (nSPS) is 16.6. The van der Waals surface area contributed by atoms with Crippen molar-refractivity contribution >= 4 is 40.8 Å². The Morgan fingerprint density at radius 3 is 2.69 bits per heavy atom. The quantitative estimate of drug-likeness (QED) is 0.136. The van der Waals surface area contributed by atoms with Gasteiger partial charge < -0.3 is 20.9 Å². The maximum absolute atomic E-state index is 12.9. The van der Waals surface area contributed by atoms with Crippen molar-refractivity contribution in [3.05, 3.63) is 71.4 Å². The van der Waals surface area contributed by atoms with Gasteiger partial charge in [-0.15, -0.1) is 0 Å². The van der Waals surface area contributed by atoms with Gasteiger partial charge in [0.05, 0.1) is 19.2 Å². The zero-order valence-electron chi connectivity index (χ0n) is 19.8. The number of aromatic amines is 1. The largest absolute Gasteiger partial charge is 0.467 e. The average Bonchev–Trinajstić information content (AvgIpc) is 3.40. The summed E-state index contributed by atoms with van der Waals surface area (Å²) in [6.07, 6.45) is 3.87. The molecule has 36 heavy (non-hydrogen) atoms. The molecule has 0 bridgehead atoms. The lowest BCUT2D eigenvalue weighted by Crippen LogP contribution is -2.48. The summed E-state index contributed by atoms with van der Waals surface area (Å²) in [5.41, 5.74) is 3.44. The number of likely N-dealkylation sites (tertiary alicyclic amines) is 1. The molecule has 0 saturated carbocycles. The third-order valence-electron chi connectivity index (χ3n) is 6.24. The number of H-pyrrole nitrogens is 1. The van der Waals surface area contributed by atoms with Crippen LogP contribution in [0.2, 0.25) is 0 Å². The minimum absolute atomic E-state index is 0.0217. The number of nitrogens with one attached hydrogen (secondary N) is 2. The number of hydrazone groups is 1. The van der Waals surface area contributed by atoms with E-state index in [1.165, 1.54) is 13.3 Å². The molecule has 0 radical (unpaired) electrons. The van der Waals surface area contributed by atoms with Gasteiger partial charge in [-0.05, 0) is 29.2 Å². The zero-order valence-corrected chi connectivity index (χ0v) is 19.8. The summed E-state index contributed by atoms with van der Waals surface area (Å²) in [6, 6.07) is 14.0. The van der Waals surface area contributed by atoms with Crippen molar-refractivity contribution in [3.8, 4) is 0 Å². The Labute approximate surface area is 207 Å². The molecular formula is C26H27N5O5. The molecule has 2 heterocycles. The number of ether oxygens (including phenoxy) is 1. The molecule has 10 nitrogen and oxygen atoms in total. The first-order valence-corrected chi connectivity index (χ1v) is 11.5. The second kappa shape index (κ2) is 10.9. The van der Waals surface area contributed by atoms with Crippen LogP contribution in [0.5, 0.6) is 0 Å². The summed E-state index contributed by atoms with van der Waals surface area (Å²) in [4.78, 5) is 54.7. The van der Waals surface area contributed by atoms with Crippen LogP contribution in [0.3, 0.4) is 0 Å². The number of rotatable bonds is 9. The van der Waals surface area contributed by atoms with E-state index in [9.17, 15) is 19.2 Å². The van der Waals surface area contributed by atoms with E-state index >= 15 is 0 Å². The molecule has 10 heteroatoms. The van der Waals surface area contributed by atoms with Gasteiger partial charge in [0.25, 0.3) is 0 Å². The second-order valence-corrected chi connectivity index (χ2v) is 8.65. The monoisotopic (exact) mass is 489 g/mol. The summed E-state index contributed by atoms with van der Waals surface area (Å²) in [7, 11) is 1.24. The van der Waals surface area contributed by atoms with Gasteiger partial charge in [-0.1, -0.05) is 42.5 Å². The van der Waals surface area contributed by atoms with Crippen LogP contribution in [0, 0.1) is 5.92 Å². The van der Waals surface area contributed by atoms with E-state index in [1.54, 1.807) is 6.20 Å². The molecule has 1 aliphatic heterocycles. The molecular weight excluding hydrogens is 462 g/mol. The highest BCUT2D eigenvalue weighted by Crippen LogP contribution is 2.24. The van der Waals surface area contributed by atoms with Gasteiger partial charge >= 0.3 is 5.97 Å². The molecule has 0 spiro atoms. The van der Waals surface area contributed by atoms with Gasteiger partial charge in [0, 0.05) is 29.9 Å². The third kappa shape index (κ3) is 5.43. The highest BCUT2D eigenvalue weighted by molar-refractivity contribution is 6.06. The van der Waals surface area contributed by atoms with Crippen LogP contribution in [-0.2, 0) is 36.8 Å². The third-order valence-corrected chi connectivity index (χ3v) is 6.24. The van der Waals surface area contributed by atoms with E-state index in [-0.39, 0.29) is 12.8 Å². The van der Waals surface area contributed by atoms with Crippen LogP contribution in [-0.4, -0.2) is 59.5 Å². The molecule has 3 amide bonds. The highest BCUT2D eigenvalue weighted by Gasteiger charge is 2.39. The molecule has 2 atom stereocenters. The summed E-state index contributed by atoms with van der Waals surface area (Å²) in [6.45, 7) is -0.457. The van der Waals surface area contributed by atoms with Crippen molar-refractivity contribution < 1.29 is 23.9 Å². The number of esters is 1. The summed E-state index contributed by atoms with van der Waals surface area (Å²) in [5, 5.41) is 7.02. The smallest absolute Gasteiger partial charge is 0.328 e. The molecule has 186 valence electrons. The number of nitrogens with zero attached hydrogens (tertiary/aromatic N) is 2. The van der Waals surface area contributed by atoms with Crippen LogP contribution < -0.4 is 11.2 Å². The first kappa shape index (κ1) is 24.6. The molecule has 1 unspecified atom stereocenters. The molecule has 1 aromatic heterocycles. The first-order valence-electron chi connectivity index (χ1n) is 11.5. The van der Waals surface area contributed by atoms with Crippen molar-refractivity contribution in [1.29, 1.82) is 0 Å². The number of amides is 3. The highest BCUT2D eigenvalue weighted by atomic mass is 16.5. The Kier molecular flexibility index (Phi) is 7.43. The van der Waals surface area contributed by atoms with Gasteiger partial charge in [-0.2, -0.15) is 5.10 Å². The van der Waals surface area contributed by atoms with Crippen LogP contribution in [0.4, 0.5) is 0 Å². The van der Waals surface area contributed by atoms with E-state index in [0.717, 1.165) is 32.5 Å². The number of fused-ring (bicyclic) bond motifs is 1. The maximum atomic E-state index is 12.9. The van der Waals surface area contributed by atoms with Gasteiger partial charge in [0.15, 0.2) is 0 Å². The fourth-order valence-electron chi connectivity index (χ4n) is 4.43. The zero-order chi connectivity index (χ0) is 25.7. The predicted octanol–water partition coefficient (Wildman–Crippen LogP) is 1.28. The fourth-order valence-corrected chi connectivity index (χ4v) is 4.43. The van der Waals surface area contributed by atoms with Crippen molar-refractivity contribution in [2.45, 2.75) is 25.3 Å². The Morgan fingerprint density at radius 1 is 1.22 bits per heavy atom. The van der Waals surface area contributed by atoms with Crippen LogP contribution in [0.15, 0.2) is 59.8 Å². The Balaban J connectivity index is 1.39. The number of imide groups is 1. The van der Waals surface area contributed by atoms with Gasteiger partial charge in [0.2, 0.25) is 17.7 Å². The molecule has 4 rings (SSSR count). The van der Waals surface area contributed by atoms with Gasteiger partial charge in [0.1, 0.15) is 12.6 Å². The number of aromatic nitrogens is 1. The molecule has 1 aliphatic rings. The Bertz CT molecular complexity index is 1310. The van der Waals surface area contributed by atoms with Crippen molar-refractivity contribution in [1.82, 2.24) is 15.2 Å². The lowest BCUT2D eigenvalue weighted by Gasteiger charge is -2.19. The van der Waals surface area contributed by atoms with E-state index in [4.69, 9.17) is 10.6 Å². The number of benzene rings is 2. The molecule has 0 aliphatic carbocycles.